The molecule has 19 heavy (non-hydrogen) atoms. The summed E-state index contributed by atoms with van der Waals surface area (Å²) in [4.78, 5) is 11.4. The van der Waals surface area contributed by atoms with Crippen molar-refractivity contribution in [3.63, 3.8) is 0 Å². The summed E-state index contributed by atoms with van der Waals surface area (Å²) < 4.78 is 3.14. The molecule has 0 saturated heterocycles. The molecule has 1 aromatic carbocycles. The Morgan fingerprint density at radius 1 is 1.11 bits per heavy atom. The number of carbonyl (C=O) groups excluding carboxylic acids is 1. The summed E-state index contributed by atoms with van der Waals surface area (Å²) in [6.07, 6.45) is 2.93. The lowest BCUT2D eigenvalue weighted by atomic mass is 10.1. The fraction of sp³-hybridized carbons (Fsp3) is 0.0625. The van der Waals surface area contributed by atoms with Crippen LogP contribution in [-0.4, -0.2) is 10.7 Å². The van der Waals surface area contributed by atoms with Gasteiger partial charge in [0.05, 0.1) is 5.69 Å². The summed E-state index contributed by atoms with van der Waals surface area (Å²) in [5, 5.41) is 0. The van der Waals surface area contributed by atoms with Crippen LogP contribution in [0, 0.1) is 10.5 Å². The molecule has 0 unspecified atom stereocenters. The lowest BCUT2D eigenvalue weighted by Gasteiger charge is -2.01. The zero-order valence-corrected chi connectivity index (χ0v) is 12.6. The topological polar surface area (TPSA) is 21.5 Å². The predicted octanol–water partition coefficient (Wildman–Crippen LogP) is 4.33. The monoisotopic (exact) mass is 361 g/mol. The Hall–Kier alpha value is -1.62. The average Bonchev–Trinajstić information content (AvgIpc) is 2.77. The van der Waals surface area contributed by atoms with Crippen molar-refractivity contribution in [3.8, 4) is 11.1 Å². The van der Waals surface area contributed by atoms with Crippen LogP contribution in [0.15, 0.2) is 48.7 Å². The van der Waals surface area contributed by atoms with E-state index in [0.717, 1.165) is 28.5 Å². The van der Waals surface area contributed by atoms with Gasteiger partial charge in [-0.15, -0.1) is 0 Å². The van der Waals surface area contributed by atoms with Gasteiger partial charge in [0.2, 0.25) is 0 Å². The molecular formula is C16H12INO. The van der Waals surface area contributed by atoms with E-state index in [0.29, 0.717) is 5.69 Å². The van der Waals surface area contributed by atoms with E-state index in [1.54, 1.807) is 0 Å². The maximum Gasteiger partial charge on any atom is 0.167 e. The van der Waals surface area contributed by atoms with E-state index < -0.39 is 0 Å². The summed E-state index contributed by atoms with van der Waals surface area (Å²) in [6, 6.07) is 14.4. The van der Waals surface area contributed by atoms with E-state index in [9.17, 15) is 4.79 Å². The highest BCUT2D eigenvalue weighted by Crippen LogP contribution is 2.27. The van der Waals surface area contributed by atoms with Crippen molar-refractivity contribution in [1.82, 2.24) is 4.40 Å². The molecule has 0 aliphatic carbocycles. The summed E-state index contributed by atoms with van der Waals surface area (Å²) >= 11 is 2.28. The first kappa shape index (κ1) is 12.4. The van der Waals surface area contributed by atoms with Gasteiger partial charge < -0.3 is 4.40 Å². The Balaban J connectivity index is 2.28. The van der Waals surface area contributed by atoms with Crippen molar-refractivity contribution >= 4 is 34.4 Å². The smallest absolute Gasteiger partial charge is 0.167 e. The second-order valence-electron chi connectivity index (χ2n) is 4.57. The molecule has 0 amide bonds. The number of fused-ring (bicyclic) bond motifs is 1. The van der Waals surface area contributed by atoms with Crippen LogP contribution in [0.3, 0.4) is 0 Å². The summed E-state index contributed by atoms with van der Waals surface area (Å²) in [7, 11) is 0. The number of benzene rings is 1. The standard InChI is InChI=1S/C16H12INO/c1-11-2-7-14-8-15(16(10-19)18(14)9-11)12-3-5-13(17)6-4-12/h2-10H,1H3. The SMILES string of the molecule is Cc1ccc2cc(-c3ccc(I)cc3)c(C=O)n2c1. The molecule has 2 aromatic heterocycles. The lowest BCUT2D eigenvalue weighted by Crippen LogP contribution is -1.93. The average molecular weight is 361 g/mol. The van der Waals surface area contributed by atoms with Gasteiger partial charge in [0.25, 0.3) is 0 Å². The Kier molecular flexibility index (Phi) is 3.14. The predicted molar refractivity (Wildman–Crippen MR) is 85.7 cm³/mol. The van der Waals surface area contributed by atoms with E-state index in [2.05, 4.69) is 59.0 Å². The normalized spacial score (nSPS) is 10.8. The number of rotatable bonds is 2. The highest BCUT2D eigenvalue weighted by Gasteiger charge is 2.11. The molecule has 0 fully saturated rings. The molecule has 0 aliphatic heterocycles. The second kappa shape index (κ2) is 4.81. The number of halogens is 1. The molecule has 0 aliphatic rings. The lowest BCUT2D eigenvalue weighted by molar-refractivity contribution is 0.111. The van der Waals surface area contributed by atoms with Gasteiger partial charge in [-0.1, -0.05) is 18.2 Å². The first-order valence-electron chi connectivity index (χ1n) is 6.02. The summed E-state index contributed by atoms with van der Waals surface area (Å²) in [6.45, 7) is 2.03. The maximum atomic E-state index is 11.4. The van der Waals surface area contributed by atoms with Gasteiger partial charge in [-0.05, 0) is 64.9 Å². The Morgan fingerprint density at radius 2 is 1.84 bits per heavy atom. The maximum absolute atomic E-state index is 11.4. The van der Waals surface area contributed by atoms with Crippen molar-refractivity contribution in [2.45, 2.75) is 6.92 Å². The molecule has 0 bridgehead atoms. The van der Waals surface area contributed by atoms with Crippen molar-refractivity contribution in [3.05, 3.63) is 63.5 Å². The van der Waals surface area contributed by atoms with Crippen LogP contribution < -0.4 is 0 Å². The van der Waals surface area contributed by atoms with Crippen LogP contribution in [0.5, 0.6) is 0 Å². The van der Waals surface area contributed by atoms with E-state index in [-0.39, 0.29) is 0 Å². The van der Waals surface area contributed by atoms with E-state index in [4.69, 9.17) is 0 Å². The third kappa shape index (κ3) is 2.18. The molecule has 2 heterocycles. The molecule has 3 rings (SSSR count). The van der Waals surface area contributed by atoms with Crippen molar-refractivity contribution < 1.29 is 4.79 Å². The molecule has 0 saturated carbocycles. The minimum atomic E-state index is 0.708. The van der Waals surface area contributed by atoms with Crippen LogP contribution in [0.25, 0.3) is 16.6 Å². The zero-order chi connectivity index (χ0) is 13.4. The van der Waals surface area contributed by atoms with Gasteiger partial charge in [0.1, 0.15) is 0 Å². The van der Waals surface area contributed by atoms with Crippen LogP contribution in [0.2, 0.25) is 0 Å². The number of aldehydes is 1. The number of hydrogen-bond acceptors (Lipinski definition) is 1. The second-order valence-corrected chi connectivity index (χ2v) is 5.81. The molecule has 3 aromatic rings. The number of nitrogens with zero attached hydrogens (tertiary/aromatic N) is 1. The fourth-order valence-corrected chi connectivity index (χ4v) is 2.64. The van der Waals surface area contributed by atoms with Crippen molar-refractivity contribution in [2.75, 3.05) is 0 Å². The van der Waals surface area contributed by atoms with Gasteiger partial charge in [-0.2, -0.15) is 0 Å². The molecule has 0 N–H and O–H groups in total. The third-order valence-corrected chi connectivity index (χ3v) is 3.94. The Labute approximate surface area is 125 Å². The number of carbonyl (C=O) groups is 1. The van der Waals surface area contributed by atoms with E-state index in [1.807, 2.05) is 23.6 Å². The summed E-state index contributed by atoms with van der Waals surface area (Å²) in [5.74, 6) is 0. The highest BCUT2D eigenvalue weighted by molar-refractivity contribution is 14.1. The molecule has 2 nitrogen and oxygen atoms in total. The zero-order valence-electron chi connectivity index (χ0n) is 10.4. The Morgan fingerprint density at radius 3 is 2.53 bits per heavy atom. The molecule has 3 heteroatoms. The van der Waals surface area contributed by atoms with Crippen LogP contribution in [-0.2, 0) is 0 Å². The molecule has 94 valence electrons. The van der Waals surface area contributed by atoms with E-state index in [1.165, 1.54) is 3.57 Å². The van der Waals surface area contributed by atoms with Gasteiger partial charge in [-0.3, -0.25) is 4.79 Å². The molecular weight excluding hydrogens is 349 g/mol. The van der Waals surface area contributed by atoms with Crippen LogP contribution in [0.1, 0.15) is 16.1 Å². The first-order chi connectivity index (χ1) is 9.19. The number of aromatic nitrogens is 1. The summed E-state index contributed by atoms with van der Waals surface area (Å²) in [5.41, 5.74) is 4.95. The van der Waals surface area contributed by atoms with E-state index >= 15 is 0 Å². The van der Waals surface area contributed by atoms with Crippen molar-refractivity contribution in [2.24, 2.45) is 0 Å². The van der Waals surface area contributed by atoms with Crippen LogP contribution >= 0.6 is 22.6 Å². The number of hydrogen-bond donors (Lipinski definition) is 0. The Bertz CT molecular complexity index is 756. The van der Waals surface area contributed by atoms with Crippen molar-refractivity contribution in [1.29, 1.82) is 0 Å². The van der Waals surface area contributed by atoms with Gasteiger partial charge in [-0.25, -0.2) is 0 Å². The van der Waals surface area contributed by atoms with Gasteiger partial charge >= 0.3 is 0 Å². The minimum absolute atomic E-state index is 0.708. The number of aryl methyl sites for hydroxylation is 1. The quantitative estimate of drug-likeness (QED) is 0.492. The fourth-order valence-electron chi connectivity index (χ4n) is 2.28. The van der Waals surface area contributed by atoms with Crippen LogP contribution in [0.4, 0.5) is 0 Å². The van der Waals surface area contributed by atoms with Gasteiger partial charge in [0.15, 0.2) is 6.29 Å². The number of pyridine rings is 1. The first-order valence-corrected chi connectivity index (χ1v) is 7.10. The highest BCUT2D eigenvalue weighted by atomic mass is 127. The molecule has 0 atom stereocenters. The molecule has 0 spiro atoms. The largest absolute Gasteiger partial charge is 0.313 e. The molecule has 0 radical (unpaired) electrons. The third-order valence-electron chi connectivity index (χ3n) is 3.22. The minimum Gasteiger partial charge on any atom is -0.313 e. The van der Waals surface area contributed by atoms with Gasteiger partial charge in [0, 0.05) is 20.8 Å².